The van der Waals surface area contributed by atoms with Crippen LogP contribution < -0.4 is 10.6 Å². The first-order valence-corrected chi connectivity index (χ1v) is 6.91. The Balaban J connectivity index is 2.09. The molecule has 0 bridgehead atoms. The van der Waals surface area contributed by atoms with Crippen LogP contribution in [0.3, 0.4) is 0 Å². The van der Waals surface area contributed by atoms with E-state index in [4.69, 9.17) is 5.73 Å². The molecule has 0 aliphatic carbocycles. The Morgan fingerprint density at radius 1 is 1.15 bits per heavy atom. The van der Waals surface area contributed by atoms with Crippen molar-refractivity contribution in [1.82, 2.24) is 15.0 Å². The van der Waals surface area contributed by atoms with Crippen molar-refractivity contribution < 1.29 is 0 Å². The van der Waals surface area contributed by atoms with Gasteiger partial charge in [-0.25, -0.2) is 9.97 Å². The fraction of sp³-hybridized carbons (Fsp3) is 0.400. The molecule has 0 aliphatic heterocycles. The molecule has 0 unspecified atom stereocenters. The van der Waals surface area contributed by atoms with Crippen molar-refractivity contribution in [3.05, 3.63) is 42.0 Å². The Morgan fingerprint density at radius 2 is 1.90 bits per heavy atom. The van der Waals surface area contributed by atoms with Crippen molar-refractivity contribution in [1.29, 1.82) is 0 Å². The predicted octanol–water partition coefficient (Wildman–Crippen LogP) is 2.09. The Bertz CT molecular complexity index is 541. The summed E-state index contributed by atoms with van der Waals surface area (Å²) < 4.78 is 0. The van der Waals surface area contributed by atoms with Gasteiger partial charge in [-0.05, 0) is 30.5 Å². The number of aromatic nitrogens is 3. The number of rotatable bonds is 6. The molecule has 2 N–H and O–H groups in total. The van der Waals surface area contributed by atoms with Gasteiger partial charge < -0.3 is 10.6 Å². The number of nitrogens with zero attached hydrogens (tertiary/aromatic N) is 4. The highest BCUT2D eigenvalue weighted by Crippen LogP contribution is 2.22. The third kappa shape index (κ3) is 3.44. The van der Waals surface area contributed by atoms with Crippen LogP contribution in [0.15, 0.2) is 30.9 Å². The van der Waals surface area contributed by atoms with E-state index in [0.29, 0.717) is 5.82 Å². The number of pyridine rings is 1. The van der Waals surface area contributed by atoms with Crippen LogP contribution in [0.2, 0.25) is 0 Å². The van der Waals surface area contributed by atoms with Gasteiger partial charge in [0.25, 0.3) is 0 Å². The van der Waals surface area contributed by atoms with E-state index < -0.39 is 0 Å². The molecule has 5 heteroatoms. The molecule has 0 radical (unpaired) electrons. The minimum atomic E-state index is 0.590. The molecular weight excluding hydrogens is 250 g/mol. The normalized spacial score (nSPS) is 10.5. The van der Waals surface area contributed by atoms with E-state index in [9.17, 15) is 0 Å². The van der Waals surface area contributed by atoms with Gasteiger partial charge >= 0.3 is 0 Å². The summed E-state index contributed by atoms with van der Waals surface area (Å²) in [6, 6.07) is 4.07. The minimum Gasteiger partial charge on any atom is -0.383 e. The van der Waals surface area contributed by atoms with Crippen LogP contribution in [0.1, 0.15) is 24.5 Å². The average molecular weight is 271 g/mol. The summed E-state index contributed by atoms with van der Waals surface area (Å²) in [6.07, 6.45) is 8.06. The standard InChI is InChI=1S/C15H21N5/c1-3-4-13-14(16)18-11-19-15(13)20(2)10-7-12-5-8-17-9-6-12/h5-6,8-9,11H,3-4,7,10H2,1-2H3,(H2,16,18,19). The van der Waals surface area contributed by atoms with Crippen LogP contribution in [-0.4, -0.2) is 28.5 Å². The van der Waals surface area contributed by atoms with Gasteiger partial charge in [-0.15, -0.1) is 0 Å². The molecule has 20 heavy (non-hydrogen) atoms. The predicted molar refractivity (Wildman–Crippen MR) is 81.7 cm³/mol. The second kappa shape index (κ2) is 6.84. The monoisotopic (exact) mass is 271 g/mol. The van der Waals surface area contributed by atoms with Crippen LogP contribution in [-0.2, 0) is 12.8 Å². The molecule has 0 spiro atoms. The van der Waals surface area contributed by atoms with Gasteiger partial charge in [0.2, 0.25) is 0 Å². The van der Waals surface area contributed by atoms with Crippen LogP contribution in [0.25, 0.3) is 0 Å². The maximum atomic E-state index is 5.97. The molecule has 106 valence electrons. The number of likely N-dealkylation sites (N-methyl/N-ethyl adjacent to an activating group) is 1. The van der Waals surface area contributed by atoms with Crippen molar-refractivity contribution in [2.24, 2.45) is 0 Å². The maximum Gasteiger partial charge on any atom is 0.137 e. The molecule has 0 saturated carbocycles. The topological polar surface area (TPSA) is 67.9 Å². The summed E-state index contributed by atoms with van der Waals surface area (Å²) in [5.41, 5.74) is 8.28. The second-order valence-corrected chi connectivity index (χ2v) is 4.84. The highest BCUT2D eigenvalue weighted by Gasteiger charge is 2.12. The molecule has 0 aromatic carbocycles. The molecule has 5 nitrogen and oxygen atoms in total. The molecule has 2 aromatic heterocycles. The van der Waals surface area contributed by atoms with E-state index in [1.165, 1.54) is 11.9 Å². The SMILES string of the molecule is CCCc1c(N)ncnc1N(C)CCc1ccncc1. The lowest BCUT2D eigenvalue weighted by molar-refractivity contribution is 0.827. The molecule has 2 heterocycles. The number of hydrogen-bond acceptors (Lipinski definition) is 5. The average Bonchev–Trinajstić information content (AvgIpc) is 2.48. The van der Waals surface area contributed by atoms with Crippen LogP contribution in [0.4, 0.5) is 11.6 Å². The quantitative estimate of drug-likeness (QED) is 0.871. The number of anilines is 2. The van der Waals surface area contributed by atoms with Crippen molar-refractivity contribution >= 4 is 11.6 Å². The van der Waals surface area contributed by atoms with Gasteiger partial charge in [0.15, 0.2) is 0 Å². The first kappa shape index (κ1) is 14.2. The Kier molecular flexibility index (Phi) is 4.87. The first-order valence-electron chi connectivity index (χ1n) is 6.91. The van der Waals surface area contributed by atoms with E-state index in [0.717, 1.165) is 37.2 Å². The van der Waals surface area contributed by atoms with Gasteiger partial charge in [0, 0.05) is 31.5 Å². The fourth-order valence-electron chi connectivity index (χ4n) is 2.19. The highest BCUT2D eigenvalue weighted by molar-refractivity contribution is 5.56. The largest absolute Gasteiger partial charge is 0.383 e. The smallest absolute Gasteiger partial charge is 0.137 e. The lowest BCUT2D eigenvalue weighted by Crippen LogP contribution is -2.23. The number of hydrogen-bond donors (Lipinski definition) is 1. The Labute approximate surface area is 119 Å². The highest BCUT2D eigenvalue weighted by atomic mass is 15.2. The van der Waals surface area contributed by atoms with Crippen LogP contribution in [0.5, 0.6) is 0 Å². The Hall–Kier alpha value is -2.17. The summed E-state index contributed by atoms with van der Waals surface area (Å²) in [6.45, 7) is 3.02. The first-order chi connectivity index (χ1) is 9.72. The lowest BCUT2D eigenvalue weighted by atomic mass is 10.1. The molecule has 0 fully saturated rings. The van der Waals surface area contributed by atoms with Crippen molar-refractivity contribution in [2.45, 2.75) is 26.2 Å². The van der Waals surface area contributed by atoms with Gasteiger partial charge in [-0.3, -0.25) is 4.98 Å². The van der Waals surface area contributed by atoms with Crippen molar-refractivity contribution in [3.8, 4) is 0 Å². The zero-order valence-electron chi connectivity index (χ0n) is 12.1. The zero-order valence-corrected chi connectivity index (χ0v) is 12.1. The third-order valence-electron chi connectivity index (χ3n) is 3.30. The third-order valence-corrected chi connectivity index (χ3v) is 3.30. The van der Waals surface area contributed by atoms with Gasteiger partial charge in [-0.1, -0.05) is 13.3 Å². The van der Waals surface area contributed by atoms with Crippen LogP contribution >= 0.6 is 0 Å². The summed E-state index contributed by atoms with van der Waals surface area (Å²) in [5.74, 6) is 1.53. The molecule has 0 atom stereocenters. The number of nitrogens with two attached hydrogens (primary N) is 1. The van der Waals surface area contributed by atoms with Gasteiger partial charge in [0.05, 0.1) is 0 Å². The molecule has 0 amide bonds. The minimum absolute atomic E-state index is 0.590. The van der Waals surface area contributed by atoms with Gasteiger partial charge in [-0.2, -0.15) is 0 Å². The molecular formula is C15H21N5. The molecule has 2 aromatic rings. The second-order valence-electron chi connectivity index (χ2n) is 4.84. The summed E-state index contributed by atoms with van der Waals surface area (Å²) in [5, 5.41) is 0. The molecule has 2 rings (SSSR count). The molecule has 0 saturated heterocycles. The van der Waals surface area contributed by atoms with E-state index >= 15 is 0 Å². The summed E-state index contributed by atoms with van der Waals surface area (Å²) in [7, 11) is 2.04. The van der Waals surface area contributed by atoms with E-state index in [2.05, 4.69) is 26.8 Å². The van der Waals surface area contributed by atoms with E-state index in [1.807, 2.05) is 31.6 Å². The summed E-state index contributed by atoms with van der Waals surface area (Å²) >= 11 is 0. The Morgan fingerprint density at radius 3 is 2.60 bits per heavy atom. The maximum absolute atomic E-state index is 5.97. The van der Waals surface area contributed by atoms with Crippen molar-refractivity contribution in [3.63, 3.8) is 0 Å². The summed E-state index contributed by atoms with van der Waals surface area (Å²) in [4.78, 5) is 14.7. The number of nitrogen functional groups attached to an aromatic ring is 1. The zero-order chi connectivity index (χ0) is 14.4. The van der Waals surface area contributed by atoms with E-state index in [1.54, 1.807) is 0 Å². The molecule has 0 aliphatic rings. The lowest BCUT2D eigenvalue weighted by Gasteiger charge is -2.21. The van der Waals surface area contributed by atoms with Crippen LogP contribution in [0, 0.1) is 0 Å². The van der Waals surface area contributed by atoms with Crippen molar-refractivity contribution in [2.75, 3.05) is 24.2 Å². The van der Waals surface area contributed by atoms with E-state index in [-0.39, 0.29) is 0 Å². The van der Waals surface area contributed by atoms with Gasteiger partial charge in [0.1, 0.15) is 18.0 Å². The fourth-order valence-corrected chi connectivity index (χ4v) is 2.19.